The van der Waals surface area contributed by atoms with Gasteiger partial charge in [-0.2, -0.15) is 4.80 Å². The van der Waals surface area contributed by atoms with Crippen LogP contribution in [0.1, 0.15) is 0 Å². The maximum Gasteiger partial charge on any atom is 0.136 e. The number of hydrogen-bond acceptors (Lipinski definition) is 4. The highest BCUT2D eigenvalue weighted by molar-refractivity contribution is 6.15. The Hall–Kier alpha value is -6.98. The Balaban J connectivity index is 1.13. The summed E-state index contributed by atoms with van der Waals surface area (Å²) < 4.78 is 12.6. The molecular formula is C46H27N3O2. The zero-order valence-corrected chi connectivity index (χ0v) is 27.2. The summed E-state index contributed by atoms with van der Waals surface area (Å²) in [5.74, 6) is 0. The summed E-state index contributed by atoms with van der Waals surface area (Å²) in [5, 5.41) is 16.6. The first kappa shape index (κ1) is 27.9. The minimum atomic E-state index is 0.832. The van der Waals surface area contributed by atoms with Gasteiger partial charge in [0.2, 0.25) is 0 Å². The van der Waals surface area contributed by atoms with Crippen LogP contribution in [0.2, 0.25) is 0 Å². The van der Waals surface area contributed by atoms with E-state index in [1.54, 1.807) is 4.80 Å². The van der Waals surface area contributed by atoms with Crippen LogP contribution in [0.4, 0.5) is 0 Å². The van der Waals surface area contributed by atoms with Gasteiger partial charge in [-0.25, -0.2) is 0 Å². The molecule has 0 amide bonds. The molecule has 0 N–H and O–H groups in total. The molecule has 3 heterocycles. The molecule has 0 aliphatic carbocycles. The second kappa shape index (κ2) is 10.8. The fourth-order valence-electron chi connectivity index (χ4n) is 7.65. The standard InChI is InChI=1S/C46H27N3O2/c1-2-10-29-26-34(21-19-28(29)9-1)49-47-39-22-20-30(27-40(39)48-49)31-23-32(35-13-7-17-43-45(35)37-11-3-5-15-41(37)50-43)25-33(24-31)36-14-8-18-44-46(36)38-12-4-6-16-42(38)51-44/h1-27H. The van der Waals surface area contributed by atoms with Crippen molar-refractivity contribution in [2.24, 2.45) is 0 Å². The van der Waals surface area contributed by atoms with E-state index < -0.39 is 0 Å². The van der Waals surface area contributed by atoms with E-state index >= 15 is 0 Å². The smallest absolute Gasteiger partial charge is 0.136 e. The number of aromatic nitrogens is 3. The van der Waals surface area contributed by atoms with Gasteiger partial charge in [0.25, 0.3) is 0 Å². The third-order valence-electron chi connectivity index (χ3n) is 10.0. The summed E-state index contributed by atoms with van der Waals surface area (Å²) in [4.78, 5) is 1.73. The molecule has 11 aromatic rings. The van der Waals surface area contributed by atoms with Crippen molar-refractivity contribution in [3.05, 3.63) is 164 Å². The van der Waals surface area contributed by atoms with E-state index in [9.17, 15) is 0 Å². The fraction of sp³-hybridized carbons (Fsp3) is 0. The van der Waals surface area contributed by atoms with Gasteiger partial charge in [0.1, 0.15) is 33.4 Å². The Morgan fingerprint density at radius 3 is 1.63 bits per heavy atom. The van der Waals surface area contributed by atoms with E-state index in [0.29, 0.717) is 0 Å². The van der Waals surface area contributed by atoms with Gasteiger partial charge in [-0.1, -0.05) is 97.1 Å². The quantitative estimate of drug-likeness (QED) is 0.190. The van der Waals surface area contributed by atoms with Crippen LogP contribution in [0.5, 0.6) is 0 Å². The average molecular weight is 654 g/mol. The highest BCUT2D eigenvalue weighted by Crippen LogP contribution is 2.42. The molecule has 0 radical (unpaired) electrons. The molecule has 8 aromatic carbocycles. The molecule has 0 atom stereocenters. The largest absolute Gasteiger partial charge is 0.456 e. The van der Waals surface area contributed by atoms with Crippen LogP contribution in [0.25, 0.3) is 105 Å². The minimum absolute atomic E-state index is 0.832. The van der Waals surface area contributed by atoms with Crippen LogP contribution in [0.3, 0.4) is 0 Å². The normalized spacial score (nSPS) is 11.9. The topological polar surface area (TPSA) is 57.0 Å². The summed E-state index contributed by atoms with van der Waals surface area (Å²) in [6, 6.07) is 57.0. The summed E-state index contributed by atoms with van der Waals surface area (Å²) in [6.07, 6.45) is 0. The zero-order chi connectivity index (χ0) is 33.5. The second-order valence-electron chi connectivity index (χ2n) is 13.1. The molecular weight excluding hydrogens is 627 g/mol. The predicted molar refractivity (Wildman–Crippen MR) is 207 cm³/mol. The highest BCUT2D eigenvalue weighted by Gasteiger charge is 2.18. The Labute approximate surface area is 291 Å². The number of furan rings is 2. The highest BCUT2D eigenvalue weighted by atomic mass is 16.3. The number of hydrogen-bond donors (Lipinski definition) is 0. The molecule has 0 saturated heterocycles. The van der Waals surface area contributed by atoms with E-state index in [2.05, 4.69) is 140 Å². The monoisotopic (exact) mass is 653 g/mol. The lowest BCUT2D eigenvalue weighted by Gasteiger charge is -2.13. The fourth-order valence-corrected chi connectivity index (χ4v) is 7.65. The lowest BCUT2D eigenvalue weighted by molar-refractivity contribution is 0.668. The SMILES string of the molecule is c1ccc2cc(-n3nc4ccc(-c5cc(-c6cccc7oc8ccccc8c67)cc(-c6cccc7oc8ccccc8c67)c5)cc4n3)ccc2c1. The van der Waals surface area contributed by atoms with Crippen molar-refractivity contribution in [3.63, 3.8) is 0 Å². The Kier molecular flexibility index (Phi) is 5.89. The number of para-hydroxylation sites is 2. The Morgan fingerprint density at radius 1 is 0.373 bits per heavy atom. The number of nitrogens with zero attached hydrogens (tertiary/aromatic N) is 3. The molecule has 0 bridgehead atoms. The first-order valence-electron chi connectivity index (χ1n) is 17.1. The van der Waals surface area contributed by atoms with Crippen LogP contribution in [-0.4, -0.2) is 15.0 Å². The molecule has 0 aliphatic rings. The van der Waals surface area contributed by atoms with Gasteiger partial charge in [-0.05, 0) is 111 Å². The molecule has 51 heavy (non-hydrogen) atoms. The van der Waals surface area contributed by atoms with E-state index in [1.165, 1.54) is 5.39 Å². The maximum absolute atomic E-state index is 6.32. The van der Waals surface area contributed by atoms with Crippen molar-refractivity contribution >= 4 is 65.7 Å². The van der Waals surface area contributed by atoms with Gasteiger partial charge in [0.05, 0.1) is 5.69 Å². The number of benzene rings is 8. The van der Waals surface area contributed by atoms with Crippen molar-refractivity contribution in [1.82, 2.24) is 15.0 Å². The van der Waals surface area contributed by atoms with Crippen LogP contribution < -0.4 is 0 Å². The van der Waals surface area contributed by atoms with E-state index in [0.717, 1.165) is 99.4 Å². The van der Waals surface area contributed by atoms with Gasteiger partial charge in [-0.3, -0.25) is 0 Å². The van der Waals surface area contributed by atoms with Gasteiger partial charge in [-0.15, -0.1) is 10.2 Å². The molecule has 238 valence electrons. The van der Waals surface area contributed by atoms with Crippen molar-refractivity contribution < 1.29 is 8.83 Å². The molecule has 5 heteroatoms. The van der Waals surface area contributed by atoms with E-state index in [1.807, 2.05) is 24.3 Å². The maximum atomic E-state index is 6.32. The molecule has 0 saturated carbocycles. The predicted octanol–water partition coefficient (Wildman–Crippen LogP) is 12.4. The van der Waals surface area contributed by atoms with Crippen molar-refractivity contribution in [3.8, 4) is 39.1 Å². The number of rotatable bonds is 4. The first-order valence-corrected chi connectivity index (χ1v) is 17.1. The van der Waals surface area contributed by atoms with Gasteiger partial charge < -0.3 is 8.83 Å². The summed E-state index contributed by atoms with van der Waals surface area (Å²) >= 11 is 0. The summed E-state index contributed by atoms with van der Waals surface area (Å²) in [5.41, 5.74) is 12.7. The van der Waals surface area contributed by atoms with Crippen LogP contribution in [-0.2, 0) is 0 Å². The Bertz CT molecular complexity index is 3030. The van der Waals surface area contributed by atoms with Crippen molar-refractivity contribution in [1.29, 1.82) is 0 Å². The third-order valence-corrected chi connectivity index (χ3v) is 10.0. The van der Waals surface area contributed by atoms with Crippen LogP contribution >= 0.6 is 0 Å². The van der Waals surface area contributed by atoms with E-state index in [-0.39, 0.29) is 0 Å². The van der Waals surface area contributed by atoms with Gasteiger partial charge >= 0.3 is 0 Å². The molecule has 0 spiro atoms. The molecule has 0 fully saturated rings. The van der Waals surface area contributed by atoms with Crippen LogP contribution in [0.15, 0.2) is 173 Å². The molecule has 0 unspecified atom stereocenters. The zero-order valence-electron chi connectivity index (χ0n) is 27.2. The lowest BCUT2D eigenvalue weighted by atomic mass is 9.90. The lowest BCUT2D eigenvalue weighted by Crippen LogP contribution is -1.97. The van der Waals surface area contributed by atoms with Crippen molar-refractivity contribution in [2.75, 3.05) is 0 Å². The second-order valence-corrected chi connectivity index (χ2v) is 13.1. The van der Waals surface area contributed by atoms with Crippen LogP contribution in [0, 0.1) is 0 Å². The molecule has 0 aliphatic heterocycles. The summed E-state index contributed by atoms with van der Waals surface area (Å²) in [6.45, 7) is 0. The number of fused-ring (bicyclic) bond motifs is 8. The van der Waals surface area contributed by atoms with Gasteiger partial charge in [0, 0.05) is 21.5 Å². The molecule has 3 aromatic heterocycles. The van der Waals surface area contributed by atoms with E-state index in [4.69, 9.17) is 19.0 Å². The Morgan fingerprint density at radius 2 is 0.941 bits per heavy atom. The molecule has 11 rings (SSSR count). The van der Waals surface area contributed by atoms with Gasteiger partial charge in [0.15, 0.2) is 0 Å². The minimum Gasteiger partial charge on any atom is -0.456 e. The molecule has 5 nitrogen and oxygen atoms in total. The average Bonchev–Trinajstić information content (AvgIpc) is 3.90. The first-order chi connectivity index (χ1) is 25.2. The summed E-state index contributed by atoms with van der Waals surface area (Å²) in [7, 11) is 0. The van der Waals surface area contributed by atoms with Crippen molar-refractivity contribution in [2.45, 2.75) is 0 Å². The third kappa shape index (κ3) is 4.42.